The van der Waals surface area contributed by atoms with Crippen molar-refractivity contribution < 1.29 is 27.5 Å². The predicted octanol–water partition coefficient (Wildman–Crippen LogP) is 4.66. The highest BCUT2D eigenvalue weighted by atomic mass is 19.4. The fourth-order valence-corrected chi connectivity index (χ4v) is 4.39. The van der Waals surface area contributed by atoms with Crippen LogP contribution in [0.3, 0.4) is 0 Å². The second kappa shape index (κ2) is 8.18. The summed E-state index contributed by atoms with van der Waals surface area (Å²) >= 11 is 0. The SMILES string of the molecule is COC(=O)C1=C(N)N(c2cccc(C(F)(F)F)c2)C2=C(C(=O)CCC2)[C@@H]1c1ccccc1. The minimum atomic E-state index is -4.55. The summed E-state index contributed by atoms with van der Waals surface area (Å²) in [5, 5.41) is 0. The van der Waals surface area contributed by atoms with Gasteiger partial charge < -0.3 is 10.5 Å². The Bertz CT molecular complexity index is 1140. The number of allylic oxidation sites excluding steroid dienone is 2. The summed E-state index contributed by atoms with van der Waals surface area (Å²) in [6.07, 6.45) is -3.29. The summed E-state index contributed by atoms with van der Waals surface area (Å²) < 4.78 is 45.1. The zero-order valence-electron chi connectivity index (χ0n) is 17.3. The number of rotatable bonds is 3. The van der Waals surface area contributed by atoms with E-state index in [1.165, 1.54) is 24.1 Å². The van der Waals surface area contributed by atoms with Gasteiger partial charge in [0.15, 0.2) is 5.78 Å². The van der Waals surface area contributed by atoms with Crippen molar-refractivity contribution in [1.29, 1.82) is 0 Å². The molecule has 0 fully saturated rings. The van der Waals surface area contributed by atoms with E-state index in [1.807, 2.05) is 6.07 Å². The van der Waals surface area contributed by atoms with Crippen LogP contribution in [0.4, 0.5) is 18.9 Å². The van der Waals surface area contributed by atoms with E-state index < -0.39 is 23.6 Å². The van der Waals surface area contributed by atoms with E-state index in [2.05, 4.69) is 0 Å². The maximum absolute atomic E-state index is 13.4. The molecule has 0 saturated carbocycles. The Morgan fingerprint density at radius 2 is 1.81 bits per heavy atom. The van der Waals surface area contributed by atoms with Gasteiger partial charge in [0.05, 0.1) is 24.2 Å². The standard InChI is InChI=1S/C24H21F3N2O3/c1-32-23(31)21-19(14-7-3-2-4-8-14)20-17(11-6-12-18(20)30)29(22(21)28)16-10-5-9-15(13-16)24(25,26)27/h2-5,7-10,13,19H,6,11-12,28H2,1H3/t19-/m0/s1. The number of carbonyl (C=O) groups excluding carboxylic acids is 2. The highest BCUT2D eigenvalue weighted by Gasteiger charge is 2.43. The van der Waals surface area contributed by atoms with Crippen LogP contribution in [-0.2, 0) is 20.5 Å². The zero-order valence-corrected chi connectivity index (χ0v) is 17.3. The first kappa shape index (κ1) is 21.7. The van der Waals surface area contributed by atoms with Crippen molar-refractivity contribution in [1.82, 2.24) is 0 Å². The van der Waals surface area contributed by atoms with E-state index in [0.29, 0.717) is 29.7 Å². The molecule has 1 heterocycles. The van der Waals surface area contributed by atoms with Gasteiger partial charge in [0, 0.05) is 23.4 Å². The molecule has 1 aliphatic heterocycles. The lowest BCUT2D eigenvalue weighted by atomic mass is 9.75. The highest BCUT2D eigenvalue weighted by Crippen LogP contribution is 2.47. The van der Waals surface area contributed by atoms with E-state index in [1.54, 1.807) is 24.3 Å². The van der Waals surface area contributed by atoms with Crippen molar-refractivity contribution in [2.24, 2.45) is 5.73 Å². The Morgan fingerprint density at radius 1 is 1.09 bits per heavy atom. The Hall–Kier alpha value is -3.55. The summed E-state index contributed by atoms with van der Waals surface area (Å²) in [5.74, 6) is -1.70. The molecule has 0 bridgehead atoms. The third-order valence-electron chi connectivity index (χ3n) is 5.76. The van der Waals surface area contributed by atoms with Crippen LogP contribution in [0, 0.1) is 0 Å². The van der Waals surface area contributed by atoms with Crippen LogP contribution in [0.25, 0.3) is 0 Å². The van der Waals surface area contributed by atoms with Gasteiger partial charge in [0.25, 0.3) is 0 Å². The number of benzene rings is 2. The number of Topliss-reactive ketones (excluding diaryl/α,β-unsaturated/α-hetero) is 1. The van der Waals surface area contributed by atoms with Gasteiger partial charge in [-0.1, -0.05) is 36.4 Å². The number of halogens is 3. The van der Waals surface area contributed by atoms with Gasteiger partial charge in [0.2, 0.25) is 0 Å². The third-order valence-corrected chi connectivity index (χ3v) is 5.76. The van der Waals surface area contributed by atoms with Crippen LogP contribution >= 0.6 is 0 Å². The van der Waals surface area contributed by atoms with Gasteiger partial charge in [-0.25, -0.2) is 4.79 Å². The number of hydrogen-bond acceptors (Lipinski definition) is 5. The average molecular weight is 442 g/mol. The maximum Gasteiger partial charge on any atom is 0.416 e. The number of methoxy groups -OCH3 is 1. The maximum atomic E-state index is 13.4. The lowest BCUT2D eigenvalue weighted by Crippen LogP contribution is -2.41. The smallest absolute Gasteiger partial charge is 0.416 e. The molecule has 1 atom stereocenters. The van der Waals surface area contributed by atoms with Crippen LogP contribution in [-0.4, -0.2) is 18.9 Å². The molecule has 2 aromatic carbocycles. The van der Waals surface area contributed by atoms with Gasteiger partial charge in [0.1, 0.15) is 5.82 Å². The van der Waals surface area contributed by atoms with Crippen molar-refractivity contribution in [3.63, 3.8) is 0 Å². The van der Waals surface area contributed by atoms with E-state index in [-0.39, 0.29) is 29.3 Å². The first-order chi connectivity index (χ1) is 15.2. The quantitative estimate of drug-likeness (QED) is 0.700. The number of hydrogen-bond donors (Lipinski definition) is 1. The van der Waals surface area contributed by atoms with E-state index in [9.17, 15) is 22.8 Å². The van der Waals surface area contributed by atoms with Crippen molar-refractivity contribution >= 4 is 17.4 Å². The number of carbonyl (C=O) groups is 2. The monoisotopic (exact) mass is 442 g/mol. The molecule has 2 aromatic rings. The molecule has 0 spiro atoms. The molecule has 1 aliphatic carbocycles. The van der Waals surface area contributed by atoms with Gasteiger partial charge in [-0.05, 0) is 36.6 Å². The van der Waals surface area contributed by atoms with Crippen molar-refractivity contribution in [2.75, 3.05) is 12.0 Å². The van der Waals surface area contributed by atoms with Gasteiger partial charge in [-0.3, -0.25) is 9.69 Å². The molecule has 4 rings (SSSR count). The number of esters is 1. The third kappa shape index (κ3) is 3.66. The Kier molecular flexibility index (Phi) is 5.54. The predicted molar refractivity (Wildman–Crippen MR) is 112 cm³/mol. The molecular formula is C24H21F3N2O3. The average Bonchev–Trinajstić information content (AvgIpc) is 2.78. The van der Waals surface area contributed by atoms with E-state index >= 15 is 0 Å². The molecule has 32 heavy (non-hydrogen) atoms. The van der Waals surface area contributed by atoms with Gasteiger partial charge >= 0.3 is 12.1 Å². The summed E-state index contributed by atoms with van der Waals surface area (Å²) in [6.45, 7) is 0. The molecule has 0 radical (unpaired) electrons. The Morgan fingerprint density at radius 3 is 2.47 bits per heavy atom. The molecular weight excluding hydrogens is 421 g/mol. The summed E-state index contributed by atoms with van der Waals surface area (Å²) in [5.41, 5.74) is 7.33. The molecule has 0 amide bonds. The first-order valence-electron chi connectivity index (χ1n) is 10.1. The molecule has 166 valence electrons. The van der Waals surface area contributed by atoms with Crippen LogP contribution < -0.4 is 10.6 Å². The largest absolute Gasteiger partial charge is 0.466 e. The van der Waals surface area contributed by atoms with Gasteiger partial charge in [-0.15, -0.1) is 0 Å². The first-order valence-corrected chi connectivity index (χ1v) is 10.1. The second-order valence-corrected chi connectivity index (χ2v) is 7.65. The summed E-state index contributed by atoms with van der Waals surface area (Å²) in [7, 11) is 1.20. The number of ether oxygens (including phenoxy) is 1. The zero-order chi connectivity index (χ0) is 23.0. The van der Waals surface area contributed by atoms with Crippen molar-refractivity contribution in [3.8, 4) is 0 Å². The molecule has 5 nitrogen and oxygen atoms in total. The van der Waals surface area contributed by atoms with Crippen molar-refractivity contribution in [3.05, 3.63) is 88.4 Å². The van der Waals surface area contributed by atoms with E-state index in [4.69, 9.17) is 10.5 Å². The number of anilines is 1. The Labute approximate surface area is 183 Å². The topological polar surface area (TPSA) is 72.6 Å². The summed E-state index contributed by atoms with van der Waals surface area (Å²) in [4.78, 5) is 27.3. The summed E-state index contributed by atoms with van der Waals surface area (Å²) in [6, 6.07) is 13.6. The van der Waals surface area contributed by atoms with E-state index in [0.717, 1.165) is 12.1 Å². The fraction of sp³-hybridized carbons (Fsp3) is 0.250. The normalized spacial score (nSPS) is 19.2. The van der Waals surface area contributed by atoms with Crippen LogP contribution in [0.1, 0.15) is 36.3 Å². The number of nitrogens with zero attached hydrogens (tertiary/aromatic N) is 1. The lowest BCUT2D eigenvalue weighted by molar-refractivity contribution is -0.138. The van der Waals surface area contributed by atoms with Crippen molar-refractivity contribution in [2.45, 2.75) is 31.4 Å². The van der Waals surface area contributed by atoms with Crippen LogP contribution in [0.15, 0.2) is 77.3 Å². The molecule has 0 aromatic heterocycles. The van der Waals surface area contributed by atoms with Gasteiger partial charge in [-0.2, -0.15) is 13.2 Å². The second-order valence-electron chi connectivity index (χ2n) is 7.65. The molecule has 2 N–H and O–H groups in total. The molecule has 0 unspecified atom stereocenters. The van der Waals surface area contributed by atoms with Crippen LogP contribution in [0.2, 0.25) is 0 Å². The molecule has 2 aliphatic rings. The minimum Gasteiger partial charge on any atom is -0.466 e. The minimum absolute atomic E-state index is 0.0325. The van der Waals surface area contributed by atoms with Crippen LogP contribution in [0.5, 0.6) is 0 Å². The number of alkyl halides is 3. The lowest BCUT2D eigenvalue weighted by Gasteiger charge is -2.40. The number of ketones is 1. The molecule has 8 heteroatoms. The number of nitrogens with two attached hydrogens (primary N) is 1. The fourth-order valence-electron chi connectivity index (χ4n) is 4.39. The Balaban J connectivity index is 1.99. The molecule has 0 saturated heterocycles. The highest BCUT2D eigenvalue weighted by molar-refractivity contribution is 6.05.